The van der Waals surface area contributed by atoms with E-state index in [0.29, 0.717) is 4.64 Å². The summed E-state index contributed by atoms with van der Waals surface area (Å²) in [5, 5.41) is 2.44. The molecule has 0 aliphatic carbocycles. The normalized spacial score (nSPS) is 8.67. The third-order valence-corrected chi connectivity index (χ3v) is 0.666. The van der Waals surface area contributed by atoms with Crippen molar-refractivity contribution in [2.24, 2.45) is 0 Å². The molecule has 0 atom stereocenters. The minimum Gasteiger partial charge on any atom is -0.389 e. The van der Waals surface area contributed by atoms with E-state index < -0.39 is 0 Å². The quantitative estimate of drug-likeness (QED) is 0.499. The van der Waals surface area contributed by atoms with Gasteiger partial charge in [-0.25, -0.2) is 5.16 Å². The molecule has 0 bridgehead atoms. The number of nitrogens with one attached hydrogen (secondary N) is 1. The third kappa shape index (κ3) is 0.490. The highest BCUT2D eigenvalue weighted by Gasteiger charge is 1.68. The number of rotatable bonds is 0. The van der Waals surface area contributed by atoms with Crippen molar-refractivity contribution in [3.63, 3.8) is 0 Å². The highest BCUT2D eigenvalue weighted by atomic mass is 32.1. The van der Waals surface area contributed by atoms with Crippen molar-refractivity contribution in [1.29, 1.82) is 0 Å². The monoisotopic (exact) mass is 101 g/mol. The molecule has 0 aromatic carbocycles. The molecule has 0 unspecified atom stereocenters. The summed E-state index contributed by atoms with van der Waals surface area (Å²) in [6, 6.07) is 1.68. The smallest absolute Gasteiger partial charge is 0.137 e. The van der Waals surface area contributed by atoms with Crippen LogP contribution in [-0.4, -0.2) is 5.16 Å². The van der Waals surface area contributed by atoms with Crippen LogP contribution in [0.2, 0.25) is 0 Å². The number of hydrogen-bond donors (Lipinski definition) is 1. The van der Waals surface area contributed by atoms with Gasteiger partial charge >= 0.3 is 0 Å². The Labute approximate surface area is 39.8 Å². The molecule has 1 aromatic rings. The largest absolute Gasteiger partial charge is 0.389 e. The molecule has 6 heavy (non-hydrogen) atoms. The van der Waals surface area contributed by atoms with E-state index in [4.69, 9.17) is 0 Å². The maximum atomic E-state index is 4.60. The zero-order valence-corrected chi connectivity index (χ0v) is 3.79. The van der Waals surface area contributed by atoms with Crippen LogP contribution in [0.1, 0.15) is 0 Å². The summed E-state index contributed by atoms with van der Waals surface area (Å²) in [6.07, 6.45) is 1.50. The fraction of sp³-hybridized carbons (Fsp3) is 0. The summed E-state index contributed by atoms with van der Waals surface area (Å²) < 4.78 is 5.12. The summed E-state index contributed by atoms with van der Waals surface area (Å²) in [5.74, 6) is 0. The first kappa shape index (κ1) is 3.61. The van der Waals surface area contributed by atoms with Crippen LogP contribution in [0.5, 0.6) is 0 Å². The SMILES string of the molecule is S=c1cco[nH]1. The lowest BCUT2D eigenvalue weighted by Crippen LogP contribution is -1.47. The molecular weight excluding hydrogens is 98.1 g/mol. The zero-order valence-electron chi connectivity index (χ0n) is 2.97. The second-order valence-corrected chi connectivity index (χ2v) is 1.33. The molecule has 0 aliphatic heterocycles. The van der Waals surface area contributed by atoms with Gasteiger partial charge in [0.05, 0.1) is 0 Å². The zero-order chi connectivity index (χ0) is 4.41. The lowest BCUT2D eigenvalue weighted by molar-refractivity contribution is 0.417. The summed E-state index contributed by atoms with van der Waals surface area (Å²) >= 11 is 4.60. The number of H-pyrrole nitrogens is 1. The van der Waals surface area contributed by atoms with Crippen molar-refractivity contribution >= 4 is 12.2 Å². The van der Waals surface area contributed by atoms with Crippen molar-refractivity contribution < 1.29 is 4.52 Å². The van der Waals surface area contributed by atoms with Crippen molar-refractivity contribution in [2.45, 2.75) is 0 Å². The third-order valence-electron chi connectivity index (χ3n) is 0.447. The van der Waals surface area contributed by atoms with Gasteiger partial charge < -0.3 is 4.52 Å². The summed E-state index contributed by atoms with van der Waals surface area (Å²) in [5.41, 5.74) is 0. The molecule has 1 aromatic heterocycles. The Balaban J connectivity index is 3.41. The average Bonchev–Trinajstić information content (AvgIpc) is 1.86. The minimum absolute atomic E-state index is 0.634. The Morgan fingerprint density at radius 3 is 2.83 bits per heavy atom. The predicted molar refractivity (Wildman–Crippen MR) is 23.9 cm³/mol. The van der Waals surface area contributed by atoms with Crippen LogP contribution in [0, 0.1) is 4.64 Å². The van der Waals surface area contributed by atoms with Gasteiger partial charge in [-0.05, 0) is 0 Å². The van der Waals surface area contributed by atoms with Gasteiger partial charge in [0.15, 0.2) is 0 Å². The van der Waals surface area contributed by atoms with E-state index >= 15 is 0 Å². The minimum atomic E-state index is 0.634. The van der Waals surface area contributed by atoms with Crippen LogP contribution < -0.4 is 0 Å². The molecule has 1 N–H and O–H groups in total. The highest BCUT2D eigenvalue weighted by molar-refractivity contribution is 7.71. The molecule has 0 amide bonds. The van der Waals surface area contributed by atoms with Gasteiger partial charge in [-0.3, -0.25) is 0 Å². The molecule has 0 aliphatic rings. The molecule has 2 nitrogen and oxygen atoms in total. The molecule has 0 radical (unpaired) electrons. The first-order chi connectivity index (χ1) is 2.89. The Morgan fingerprint density at radius 1 is 1.83 bits per heavy atom. The molecule has 0 spiro atoms. The molecule has 1 rings (SSSR count). The van der Waals surface area contributed by atoms with Crippen molar-refractivity contribution in [3.05, 3.63) is 17.0 Å². The maximum Gasteiger partial charge on any atom is 0.137 e. The van der Waals surface area contributed by atoms with Crippen LogP contribution in [0.15, 0.2) is 16.9 Å². The highest BCUT2D eigenvalue weighted by Crippen LogP contribution is 1.80. The van der Waals surface area contributed by atoms with E-state index in [1.165, 1.54) is 6.26 Å². The van der Waals surface area contributed by atoms with Crippen LogP contribution in [-0.2, 0) is 0 Å². The lowest BCUT2D eigenvalue weighted by Gasteiger charge is -1.56. The fourth-order valence-electron chi connectivity index (χ4n) is 0.222. The fourth-order valence-corrected chi connectivity index (χ4v) is 0.326. The summed E-state index contributed by atoms with van der Waals surface area (Å²) in [4.78, 5) is 0. The number of hydrogen-bond acceptors (Lipinski definition) is 2. The van der Waals surface area contributed by atoms with Crippen LogP contribution in [0.3, 0.4) is 0 Å². The van der Waals surface area contributed by atoms with E-state index in [-0.39, 0.29) is 0 Å². The Bertz CT molecular complexity index is 149. The van der Waals surface area contributed by atoms with E-state index in [0.717, 1.165) is 0 Å². The van der Waals surface area contributed by atoms with Crippen LogP contribution in [0.25, 0.3) is 0 Å². The molecule has 3 heteroatoms. The first-order valence-corrected chi connectivity index (χ1v) is 1.92. The summed E-state index contributed by atoms with van der Waals surface area (Å²) in [6.45, 7) is 0. The van der Waals surface area contributed by atoms with Gasteiger partial charge in [0, 0.05) is 6.07 Å². The number of aromatic amines is 1. The Kier molecular flexibility index (Phi) is 0.759. The summed E-state index contributed by atoms with van der Waals surface area (Å²) in [7, 11) is 0. The van der Waals surface area contributed by atoms with E-state index in [2.05, 4.69) is 21.9 Å². The van der Waals surface area contributed by atoms with Gasteiger partial charge in [0.2, 0.25) is 0 Å². The van der Waals surface area contributed by atoms with E-state index in [1.807, 2.05) is 0 Å². The van der Waals surface area contributed by atoms with Gasteiger partial charge in [0.1, 0.15) is 10.9 Å². The van der Waals surface area contributed by atoms with Gasteiger partial charge in [-0.1, -0.05) is 12.2 Å². The predicted octanol–water partition coefficient (Wildman–Crippen LogP) is 1.34. The molecule has 1 heterocycles. The van der Waals surface area contributed by atoms with Crippen molar-refractivity contribution in [2.75, 3.05) is 0 Å². The van der Waals surface area contributed by atoms with Gasteiger partial charge in [0.25, 0.3) is 0 Å². The van der Waals surface area contributed by atoms with E-state index in [1.54, 1.807) is 6.07 Å². The molecule has 32 valence electrons. The topological polar surface area (TPSA) is 28.9 Å². The van der Waals surface area contributed by atoms with Crippen LogP contribution >= 0.6 is 12.2 Å². The van der Waals surface area contributed by atoms with Gasteiger partial charge in [-0.15, -0.1) is 0 Å². The van der Waals surface area contributed by atoms with Crippen molar-refractivity contribution in [3.8, 4) is 0 Å². The average molecular weight is 101 g/mol. The number of aromatic nitrogens is 1. The standard InChI is InChI=1S/C3H3NOS/c6-3-1-2-5-4-3/h1-2H,(H,4,6). The van der Waals surface area contributed by atoms with Crippen LogP contribution in [0.4, 0.5) is 0 Å². The second-order valence-electron chi connectivity index (χ2n) is 0.887. The van der Waals surface area contributed by atoms with Gasteiger partial charge in [-0.2, -0.15) is 0 Å². The Morgan fingerprint density at radius 2 is 2.67 bits per heavy atom. The molecular formula is C3H3NOS. The van der Waals surface area contributed by atoms with E-state index in [9.17, 15) is 0 Å². The van der Waals surface area contributed by atoms with Crippen molar-refractivity contribution in [1.82, 2.24) is 5.16 Å². The first-order valence-electron chi connectivity index (χ1n) is 1.52. The maximum absolute atomic E-state index is 4.60. The molecule has 0 saturated heterocycles. The molecule has 0 saturated carbocycles. The lowest BCUT2D eigenvalue weighted by atomic mass is 10.8. The molecule has 0 fully saturated rings. The second kappa shape index (κ2) is 1.26. The Hall–Kier alpha value is -0.570.